The third kappa shape index (κ3) is 3.03. The van der Waals surface area contributed by atoms with Crippen molar-refractivity contribution in [1.82, 2.24) is 4.90 Å². The molecule has 0 aromatic rings. The van der Waals surface area contributed by atoms with Gasteiger partial charge in [0.2, 0.25) is 0 Å². The van der Waals surface area contributed by atoms with Crippen molar-refractivity contribution in [3.8, 4) is 0 Å². The molecule has 2 heteroatoms. The number of nitrogens with zero attached hydrogens (tertiary/aromatic N) is 1. The van der Waals surface area contributed by atoms with Gasteiger partial charge in [0.1, 0.15) is 0 Å². The van der Waals surface area contributed by atoms with Crippen molar-refractivity contribution in [3.63, 3.8) is 0 Å². The van der Waals surface area contributed by atoms with Crippen molar-refractivity contribution in [1.29, 1.82) is 0 Å². The molecule has 2 nitrogen and oxygen atoms in total. The highest BCUT2D eigenvalue weighted by molar-refractivity contribution is 4.94. The summed E-state index contributed by atoms with van der Waals surface area (Å²) in [5.74, 6) is 2.48. The minimum atomic E-state index is 0.398. The van der Waals surface area contributed by atoms with E-state index in [-0.39, 0.29) is 0 Å². The van der Waals surface area contributed by atoms with Gasteiger partial charge in [0, 0.05) is 19.1 Å². The number of nitrogens with two attached hydrogens (primary N) is 1. The average molecular weight is 238 g/mol. The van der Waals surface area contributed by atoms with Crippen molar-refractivity contribution < 1.29 is 0 Å². The first-order valence-electron chi connectivity index (χ1n) is 7.35. The summed E-state index contributed by atoms with van der Waals surface area (Å²) in [5.41, 5.74) is 6.62. The highest BCUT2D eigenvalue weighted by Gasteiger charge is 2.41. The molecule has 0 amide bonds. The Morgan fingerprint density at radius 1 is 1.12 bits per heavy atom. The Balaban J connectivity index is 1.90. The quantitative estimate of drug-likeness (QED) is 0.816. The molecule has 0 saturated heterocycles. The van der Waals surface area contributed by atoms with E-state index in [9.17, 15) is 0 Å². The molecule has 2 N–H and O–H groups in total. The molecule has 3 atom stereocenters. The van der Waals surface area contributed by atoms with Crippen molar-refractivity contribution in [2.24, 2.45) is 28.9 Å². The van der Waals surface area contributed by atoms with Gasteiger partial charge in [0.25, 0.3) is 0 Å². The Labute approximate surface area is 107 Å². The fourth-order valence-electron chi connectivity index (χ4n) is 3.46. The van der Waals surface area contributed by atoms with Gasteiger partial charge in [-0.15, -0.1) is 0 Å². The number of hydrogen-bond acceptors (Lipinski definition) is 2. The predicted octanol–water partition coefficient (Wildman–Crippen LogP) is 2.73. The molecule has 2 rings (SSSR count). The molecule has 2 fully saturated rings. The normalized spacial score (nSPS) is 37.4. The van der Waals surface area contributed by atoms with Crippen LogP contribution in [-0.4, -0.2) is 31.1 Å². The van der Waals surface area contributed by atoms with Crippen molar-refractivity contribution in [2.45, 2.75) is 52.5 Å². The molecule has 0 heterocycles. The zero-order chi connectivity index (χ0) is 12.6. The number of rotatable bonds is 4. The lowest BCUT2D eigenvalue weighted by Gasteiger charge is -2.48. The maximum Gasteiger partial charge on any atom is 0.00698 e. The molecule has 17 heavy (non-hydrogen) atoms. The molecule has 2 aliphatic rings. The number of hydrogen-bond donors (Lipinski definition) is 1. The monoisotopic (exact) mass is 238 g/mol. The second-order valence-corrected chi connectivity index (χ2v) is 7.21. The van der Waals surface area contributed by atoms with Gasteiger partial charge in [0.15, 0.2) is 0 Å². The smallest absolute Gasteiger partial charge is 0.00698 e. The van der Waals surface area contributed by atoms with Gasteiger partial charge in [-0.2, -0.15) is 0 Å². The van der Waals surface area contributed by atoms with Gasteiger partial charge in [-0.3, -0.25) is 0 Å². The minimum Gasteiger partial charge on any atom is -0.327 e. The van der Waals surface area contributed by atoms with Crippen molar-refractivity contribution in [3.05, 3.63) is 0 Å². The molecular formula is C15H30N2. The van der Waals surface area contributed by atoms with Crippen LogP contribution in [0.1, 0.15) is 46.5 Å². The molecule has 0 radical (unpaired) electrons. The fourth-order valence-corrected chi connectivity index (χ4v) is 3.46. The van der Waals surface area contributed by atoms with E-state index in [4.69, 9.17) is 5.73 Å². The second-order valence-electron chi connectivity index (χ2n) is 7.21. The van der Waals surface area contributed by atoms with E-state index in [1.807, 2.05) is 0 Å². The van der Waals surface area contributed by atoms with Crippen LogP contribution in [0.15, 0.2) is 0 Å². The highest BCUT2D eigenvalue weighted by atomic mass is 15.1. The summed E-state index contributed by atoms with van der Waals surface area (Å²) in [5, 5.41) is 0. The van der Waals surface area contributed by atoms with Crippen LogP contribution in [0.5, 0.6) is 0 Å². The van der Waals surface area contributed by atoms with E-state index in [0.717, 1.165) is 11.8 Å². The SMILES string of the molecule is CC1C(N)CCC(CN(C)CC2CC2)C1(C)C. The lowest BCUT2D eigenvalue weighted by atomic mass is 9.61. The van der Waals surface area contributed by atoms with E-state index in [1.54, 1.807) is 0 Å². The van der Waals surface area contributed by atoms with Gasteiger partial charge in [0.05, 0.1) is 0 Å². The third-order valence-corrected chi connectivity index (χ3v) is 5.52. The lowest BCUT2D eigenvalue weighted by Crippen LogP contribution is -2.49. The van der Waals surface area contributed by atoms with Crippen LogP contribution >= 0.6 is 0 Å². The zero-order valence-corrected chi connectivity index (χ0v) is 12.1. The maximum absolute atomic E-state index is 6.22. The van der Waals surface area contributed by atoms with Gasteiger partial charge >= 0.3 is 0 Å². The van der Waals surface area contributed by atoms with Crippen LogP contribution in [0.4, 0.5) is 0 Å². The standard InChI is InChI=1S/C15H30N2/c1-11-14(16)8-7-13(15(11,2)3)10-17(4)9-12-5-6-12/h11-14H,5-10,16H2,1-4H3. The fraction of sp³-hybridized carbons (Fsp3) is 1.00. The maximum atomic E-state index is 6.22. The molecule has 2 aliphatic carbocycles. The molecule has 0 bridgehead atoms. The lowest BCUT2D eigenvalue weighted by molar-refractivity contribution is 0.0330. The predicted molar refractivity (Wildman–Crippen MR) is 73.9 cm³/mol. The van der Waals surface area contributed by atoms with E-state index in [2.05, 4.69) is 32.7 Å². The molecule has 2 saturated carbocycles. The van der Waals surface area contributed by atoms with Crippen molar-refractivity contribution >= 4 is 0 Å². The third-order valence-electron chi connectivity index (χ3n) is 5.52. The Kier molecular flexibility index (Phi) is 3.84. The molecule has 100 valence electrons. The summed E-state index contributed by atoms with van der Waals surface area (Å²) < 4.78 is 0. The topological polar surface area (TPSA) is 29.3 Å². The molecule has 0 aliphatic heterocycles. The first-order chi connectivity index (χ1) is 7.91. The molecule has 0 aromatic heterocycles. The summed E-state index contributed by atoms with van der Waals surface area (Å²) in [6, 6.07) is 0.412. The summed E-state index contributed by atoms with van der Waals surface area (Å²) in [6.45, 7) is 9.77. The van der Waals surface area contributed by atoms with Crippen LogP contribution in [0.25, 0.3) is 0 Å². The highest BCUT2D eigenvalue weighted by Crippen LogP contribution is 2.44. The van der Waals surface area contributed by atoms with E-state index < -0.39 is 0 Å². The Bertz CT molecular complexity index is 258. The summed E-state index contributed by atoms with van der Waals surface area (Å²) >= 11 is 0. The molecule has 0 spiro atoms. The average Bonchev–Trinajstić information content (AvgIpc) is 3.04. The van der Waals surface area contributed by atoms with E-state index in [0.29, 0.717) is 17.4 Å². The van der Waals surface area contributed by atoms with Crippen LogP contribution in [0.3, 0.4) is 0 Å². The van der Waals surface area contributed by atoms with E-state index >= 15 is 0 Å². The van der Waals surface area contributed by atoms with Gasteiger partial charge in [-0.1, -0.05) is 20.8 Å². The van der Waals surface area contributed by atoms with Crippen LogP contribution in [0.2, 0.25) is 0 Å². The van der Waals surface area contributed by atoms with Gasteiger partial charge in [-0.05, 0) is 55.9 Å². The Hall–Kier alpha value is -0.0800. The summed E-state index contributed by atoms with van der Waals surface area (Å²) in [4.78, 5) is 2.56. The molecule has 3 unspecified atom stereocenters. The van der Waals surface area contributed by atoms with Crippen molar-refractivity contribution in [2.75, 3.05) is 20.1 Å². The van der Waals surface area contributed by atoms with Gasteiger partial charge < -0.3 is 10.6 Å². The second kappa shape index (κ2) is 4.89. The molecular weight excluding hydrogens is 208 g/mol. The molecule has 0 aromatic carbocycles. The van der Waals surface area contributed by atoms with E-state index in [1.165, 1.54) is 38.8 Å². The van der Waals surface area contributed by atoms with Crippen LogP contribution in [0, 0.1) is 23.2 Å². The summed E-state index contributed by atoms with van der Waals surface area (Å²) in [6.07, 6.45) is 5.44. The van der Waals surface area contributed by atoms with Crippen LogP contribution < -0.4 is 5.73 Å². The Morgan fingerprint density at radius 2 is 1.76 bits per heavy atom. The first kappa shape index (κ1) is 13.4. The Morgan fingerprint density at radius 3 is 2.35 bits per heavy atom. The largest absolute Gasteiger partial charge is 0.327 e. The zero-order valence-electron chi connectivity index (χ0n) is 12.1. The summed E-state index contributed by atoms with van der Waals surface area (Å²) in [7, 11) is 2.30. The van der Waals surface area contributed by atoms with Gasteiger partial charge in [-0.25, -0.2) is 0 Å². The minimum absolute atomic E-state index is 0.398. The first-order valence-corrected chi connectivity index (χ1v) is 7.35. The van der Waals surface area contributed by atoms with Crippen LogP contribution in [-0.2, 0) is 0 Å².